The van der Waals surface area contributed by atoms with Gasteiger partial charge in [0.25, 0.3) is 0 Å². The molecule has 0 N–H and O–H groups in total. The molecule has 0 aliphatic carbocycles. The van der Waals surface area contributed by atoms with Gasteiger partial charge in [-0.05, 0) is 61.0 Å². The second-order valence-corrected chi connectivity index (χ2v) is 5.98. The fourth-order valence-corrected chi connectivity index (χ4v) is 3.81. The Kier molecular flexibility index (Phi) is 3.79. The van der Waals surface area contributed by atoms with Gasteiger partial charge in [-0.15, -0.1) is 0 Å². The molecule has 1 aromatic rings. The minimum Gasteiger partial charge on any atom is -0.377 e. The summed E-state index contributed by atoms with van der Waals surface area (Å²) < 4.78 is 5.87. The van der Waals surface area contributed by atoms with E-state index in [0.29, 0.717) is 12.1 Å². The Balaban J connectivity index is 1.61. The molecule has 0 radical (unpaired) electrons. The highest BCUT2D eigenvalue weighted by atomic mass is 32.1. The summed E-state index contributed by atoms with van der Waals surface area (Å²) in [4.78, 5) is 2.64. The Morgan fingerprint density at radius 3 is 3.06 bits per heavy atom. The summed E-state index contributed by atoms with van der Waals surface area (Å²) in [6.07, 6.45) is 7.01. The quantitative estimate of drug-likeness (QED) is 0.816. The first-order valence-electron chi connectivity index (χ1n) is 6.81. The van der Waals surface area contributed by atoms with E-state index in [4.69, 9.17) is 4.74 Å². The Morgan fingerprint density at radius 2 is 2.29 bits per heavy atom. The number of rotatable bonds is 3. The average molecular weight is 251 g/mol. The van der Waals surface area contributed by atoms with Gasteiger partial charge < -0.3 is 4.74 Å². The first-order valence-corrected chi connectivity index (χ1v) is 7.75. The van der Waals surface area contributed by atoms with Gasteiger partial charge in [-0.3, -0.25) is 4.90 Å². The highest BCUT2D eigenvalue weighted by molar-refractivity contribution is 7.07. The number of nitrogens with zero attached hydrogens (tertiary/aromatic N) is 1. The van der Waals surface area contributed by atoms with Crippen molar-refractivity contribution in [2.45, 2.75) is 44.2 Å². The Labute approximate surface area is 108 Å². The molecule has 2 saturated heterocycles. The molecule has 3 heterocycles. The zero-order valence-electron chi connectivity index (χ0n) is 10.3. The van der Waals surface area contributed by atoms with E-state index >= 15 is 0 Å². The second-order valence-electron chi connectivity index (χ2n) is 5.20. The maximum absolute atomic E-state index is 5.87. The van der Waals surface area contributed by atoms with Gasteiger partial charge in [-0.1, -0.05) is 0 Å². The van der Waals surface area contributed by atoms with E-state index in [2.05, 4.69) is 21.7 Å². The van der Waals surface area contributed by atoms with Crippen LogP contribution in [0.1, 0.15) is 43.7 Å². The molecule has 17 heavy (non-hydrogen) atoms. The Morgan fingerprint density at radius 1 is 1.29 bits per heavy atom. The molecule has 0 bridgehead atoms. The van der Waals surface area contributed by atoms with Crippen molar-refractivity contribution in [3.05, 3.63) is 22.4 Å². The molecule has 0 aromatic carbocycles. The molecule has 0 saturated carbocycles. The van der Waals surface area contributed by atoms with E-state index in [1.165, 1.54) is 44.2 Å². The minimum absolute atomic E-state index is 0.489. The van der Waals surface area contributed by atoms with Crippen molar-refractivity contribution in [3.8, 4) is 0 Å². The molecule has 0 amide bonds. The molecule has 2 nitrogen and oxygen atoms in total. The molecule has 2 aliphatic heterocycles. The lowest BCUT2D eigenvalue weighted by molar-refractivity contribution is -0.00803. The maximum Gasteiger partial charge on any atom is 0.0702 e. The number of ether oxygens (including phenoxy) is 1. The van der Waals surface area contributed by atoms with Crippen LogP contribution in [0.15, 0.2) is 16.8 Å². The lowest BCUT2D eigenvalue weighted by Crippen LogP contribution is -2.35. The van der Waals surface area contributed by atoms with Crippen LogP contribution < -0.4 is 0 Å². The van der Waals surface area contributed by atoms with Crippen LogP contribution in [0, 0.1) is 0 Å². The molecular formula is C14H21NOS. The third kappa shape index (κ3) is 2.72. The van der Waals surface area contributed by atoms with Gasteiger partial charge in [0, 0.05) is 19.2 Å². The first kappa shape index (κ1) is 11.7. The van der Waals surface area contributed by atoms with Crippen molar-refractivity contribution >= 4 is 11.3 Å². The fourth-order valence-electron chi connectivity index (χ4n) is 3.10. The SMILES string of the molecule is c1cc(C2CCCN2CC2CCCCO2)cs1. The number of thiophene rings is 1. The number of hydrogen-bond acceptors (Lipinski definition) is 3. The summed E-state index contributed by atoms with van der Waals surface area (Å²) in [7, 11) is 0. The predicted molar refractivity (Wildman–Crippen MR) is 71.5 cm³/mol. The van der Waals surface area contributed by atoms with Crippen molar-refractivity contribution in [2.24, 2.45) is 0 Å². The first-order chi connectivity index (χ1) is 8.43. The van der Waals surface area contributed by atoms with Gasteiger partial charge in [-0.25, -0.2) is 0 Å². The van der Waals surface area contributed by atoms with Crippen LogP contribution in [-0.4, -0.2) is 30.7 Å². The van der Waals surface area contributed by atoms with E-state index in [1.807, 2.05) is 11.3 Å². The normalized spacial score (nSPS) is 30.8. The van der Waals surface area contributed by atoms with Crippen LogP contribution in [0.25, 0.3) is 0 Å². The molecule has 2 fully saturated rings. The lowest BCUT2D eigenvalue weighted by atomic mass is 10.1. The second kappa shape index (κ2) is 5.51. The average Bonchev–Trinajstić information content (AvgIpc) is 3.00. The third-order valence-electron chi connectivity index (χ3n) is 4.00. The lowest BCUT2D eigenvalue weighted by Gasteiger charge is -2.30. The van der Waals surface area contributed by atoms with Gasteiger partial charge in [0.15, 0.2) is 0 Å². The summed E-state index contributed by atoms with van der Waals surface area (Å²) in [5, 5.41) is 4.51. The van der Waals surface area contributed by atoms with Crippen molar-refractivity contribution < 1.29 is 4.74 Å². The van der Waals surface area contributed by atoms with Crippen LogP contribution in [0.2, 0.25) is 0 Å². The third-order valence-corrected chi connectivity index (χ3v) is 4.71. The molecule has 2 atom stereocenters. The molecular weight excluding hydrogens is 230 g/mol. The van der Waals surface area contributed by atoms with Crippen molar-refractivity contribution in [1.29, 1.82) is 0 Å². The summed E-state index contributed by atoms with van der Waals surface area (Å²) in [5.41, 5.74) is 1.52. The van der Waals surface area contributed by atoms with Crippen molar-refractivity contribution in [1.82, 2.24) is 4.90 Å². The van der Waals surface area contributed by atoms with E-state index in [9.17, 15) is 0 Å². The van der Waals surface area contributed by atoms with E-state index in [1.54, 1.807) is 0 Å². The maximum atomic E-state index is 5.87. The summed E-state index contributed by atoms with van der Waals surface area (Å²) in [5.74, 6) is 0. The van der Waals surface area contributed by atoms with Gasteiger partial charge in [0.05, 0.1) is 6.10 Å². The van der Waals surface area contributed by atoms with E-state index in [-0.39, 0.29) is 0 Å². The molecule has 3 heteroatoms. The van der Waals surface area contributed by atoms with Gasteiger partial charge in [0.1, 0.15) is 0 Å². The summed E-state index contributed by atoms with van der Waals surface area (Å²) >= 11 is 1.82. The molecule has 1 aromatic heterocycles. The van der Waals surface area contributed by atoms with Crippen LogP contribution in [0.4, 0.5) is 0 Å². The van der Waals surface area contributed by atoms with Crippen molar-refractivity contribution in [2.75, 3.05) is 19.7 Å². The van der Waals surface area contributed by atoms with E-state index < -0.39 is 0 Å². The largest absolute Gasteiger partial charge is 0.377 e. The van der Waals surface area contributed by atoms with Gasteiger partial charge in [0.2, 0.25) is 0 Å². The van der Waals surface area contributed by atoms with E-state index in [0.717, 1.165) is 13.2 Å². The fraction of sp³-hybridized carbons (Fsp3) is 0.714. The van der Waals surface area contributed by atoms with Crippen molar-refractivity contribution in [3.63, 3.8) is 0 Å². The van der Waals surface area contributed by atoms with Gasteiger partial charge >= 0.3 is 0 Å². The number of likely N-dealkylation sites (tertiary alicyclic amines) is 1. The molecule has 3 rings (SSSR count). The summed E-state index contributed by atoms with van der Waals surface area (Å²) in [6, 6.07) is 2.95. The van der Waals surface area contributed by atoms with Crippen LogP contribution in [0.3, 0.4) is 0 Å². The Bertz CT molecular complexity index is 332. The van der Waals surface area contributed by atoms with Crippen LogP contribution >= 0.6 is 11.3 Å². The monoisotopic (exact) mass is 251 g/mol. The number of hydrogen-bond donors (Lipinski definition) is 0. The van der Waals surface area contributed by atoms with Crippen LogP contribution in [-0.2, 0) is 4.74 Å². The smallest absolute Gasteiger partial charge is 0.0702 e. The van der Waals surface area contributed by atoms with Gasteiger partial charge in [-0.2, -0.15) is 11.3 Å². The molecule has 94 valence electrons. The van der Waals surface area contributed by atoms with Crippen LogP contribution in [0.5, 0.6) is 0 Å². The highest BCUT2D eigenvalue weighted by Crippen LogP contribution is 2.33. The molecule has 2 unspecified atom stereocenters. The highest BCUT2D eigenvalue weighted by Gasteiger charge is 2.28. The Hall–Kier alpha value is -0.380. The minimum atomic E-state index is 0.489. The zero-order valence-corrected chi connectivity index (χ0v) is 11.1. The molecule has 0 spiro atoms. The predicted octanol–water partition coefficient (Wildman–Crippen LogP) is 3.45. The topological polar surface area (TPSA) is 12.5 Å². The summed E-state index contributed by atoms with van der Waals surface area (Å²) in [6.45, 7) is 3.36. The molecule has 2 aliphatic rings. The zero-order chi connectivity index (χ0) is 11.5. The standard InChI is InChI=1S/C14H21NOS/c1-2-8-16-13(4-1)10-15-7-3-5-14(15)12-6-9-17-11-12/h6,9,11,13-14H,1-5,7-8,10H2.